The van der Waals surface area contributed by atoms with Crippen LogP contribution in [0.1, 0.15) is 30.4 Å². The van der Waals surface area contributed by atoms with E-state index in [1.54, 1.807) is 7.11 Å². The average molecular weight is 221 g/mol. The summed E-state index contributed by atoms with van der Waals surface area (Å²) in [4.78, 5) is 0. The van der Waals surface area contributed by atoms with E-state index in [1.165, 1.54) is 17.5 Å². The van der Waals surface area contributed by atoms with Gasteiger partial charge in [0.05, 0.1) is 0 Å². The molecule has 2 nitrogen and oxygen atoms in total. The molecule has 0 aliphatic rings. The predicted molar refractivity (Wildman–Crippen MR) is 68.6 cm³/mol. The molecule has 0 amide bonds. The fourth-order valence-corrected chi connectivity index (χ4v) is 1.82. The van der Waals surface area contributed by atoms with Crippen LogP contribution in [-0.2, 0) is 17.6 Å². The van der Waals surface area contributed by atoms with E-state index in [-0.39, 0.29) is 0 Å². The molecule has 1 aromatic rings. The number of hydrogen-bond acceptors (Lipinski definition) is 2. The molecule has 1 rings (SSSR count). The zero-order chi connectivity index (χ0) is 11.6. The Morgan fingerprint density at radius 2 is 1.75 bits per heavy atom. The normalized spacial score (nSPS) is 10.6. The van der Waals surface area contributed by atoms with E-state index >= 15 is 0 Å². The van der Waals surface area contributed by atoms with E-state index in [0.29, 0.717) is 0 Å². The van der Waals surface area contributed by atoms with Crippen molar-refractivity contribution in [1.82, 2.24) is 0 Å². The molecular weight excluding hydrogens is 198 g/mol. The van der Waals surface area contributed by atoms with Crippen LogP contribution in [-0.4, -0.2) is 20.3 Å². The third-order valence-corrected chi connectivity index (χ3v) is 2.72. The van der Waals surface area contributed by atoms with Crippen molar-refractivity contribution in [2.75, 3.05) is 20.3 Å². The first kappa shape index (κ1) is 13.2. The molecule has 0 radical (unpaired) electrons. The molecule has 2 heteroatoms. The molecule has 0 aliphatic carbocycles. The summed E-state index contributed by atoms with van der Waals surface area (Å²) in [5, 5.41) is 0. The first-order valence-corrected chi connectivity index (χ1v) is 6.13. The number of hydrogen-bond donors (Lipinski definition) is 1. The number of aryl methyl sites for hydroxylation is 2. The van der Waals surface area contributed by atoms with Gasteiger partial charge in [-0.15, -0.1) is 0 Å². The quantitative estimate of drug-likeness (QED) is 0.685. The summed E-state index contributed by atoms with van der Waals surface area (Å²) in [6.07, 6.45) is 5.67. The van der Waals surface area contributed by atoms with Crippen molar-refractivity contribution in [2.24, 2.45) is 5.73 Å². The SMILES string of the molecule is COCCCCc1cccc(CCCN)c1. The van der Waals surface area contributed by atoms with Crippen LogP contribution in [0.5, 0.6) is 0 Å². The maximum Gasteiger partial charge on any atom is 0.0462 e. The van der Waals surface area contributed by atoms with Gasteiger partial charge >= 0.3 is 0 Å². The molecule has 90 valence electrons. The number of methoxy groups -OCH3 is 1. The Bertz CT molecular complexity index is 286. The highest BCUT2D eigenvalue weighted by molar-refractivity contribution is 5.23. The van der Waals surface area contributed by atoms with Crippen LogP contribution in [0.4, 0.5) is 0 Å². The lowest BCUT2D eigenvalue weighted by Gasteiger charge is -2.05. The van der Waals surface area contributed by atoms with Crippen molar-refractivity contribution in [3.8, 4) is 0 Å². The zero-order valence-corrected chi connectivity index (χ0v) is 10.2. The Morgan fingerprint density at radius 1 is 1.06 bits per heavy atom. The lowest BCUT2D eigenvalue weighted by molar-refractivity contribution is 0.193. The minimum atomic E-state index is 0.776. The van der Waals surface area contributed by atoms with Gasteiger partial charge in [-0.05, 0) is 49.8 Å². The zero-order valence-electron chi connectivity index (χ0n) is 10.2. The van der Waals surface area contributed by atoms with Crippen LogP contribution < -0.4 is 5.73 Å². The van der Waals surface area contributed by atoms with Gasteiger partial charge in [0.15, 0.2) is 0 Å². The number of ether oxygens (including phenoxy) is 1. The van der Waals surface area contributed by atoms with Gasteiger partial charge in [-0.3, -0.25) is 0 Å². The molecule has 0 saturated carbocycles. The molecule has 1 aromatic carbocycles. The van der Waals surface area contributed by atoms with Gasteiger partial charge in [0, 0.05) is 13.7 Å². The second kappa shape index (κ2) is 8.31. The van der Waals surface area contributed by atoms with Crippen LogP contribution in [0.25, 0.3) is 0 Å². The van der Waals surface area contributed by atoms with E-state index in [9.17, 15) is 0 Å². The number of nitrogens with two attached hydrogens (primary N) is 1. The van der Waals surface area contributed by atoms with E-state index in [2.05, 4.69) is 24.3 Å². The van der Waals surface area contributed by atoms with Gasteiger partial charge in [-0.25, -0.2) is 0 Å². The summed E-state index contributed by atoms with van der Waals surface area (Å²) >= 11 is 0. The summed E-state index contributed by atoms with van der Waals surface area (Å²) in [6, 6.07) is 8.85. The van der Waals surface area contributed by atoms with Crippen LogP contribution in [0.15, 0.2) is 24.3 Å². The highest BCUT2D eigenvalue weighted by Crippen LogP contribution is 2.10. The van der Waals surface area contributed by atoms with Crippen molar-refractivity contribution < 1.29 is 4.74 Å². The van der Waals surface area contributed by atoms with Gasteiger partial charge in [-0.2, -0.15) is 0 Å². The average Bonchev–Trinajstić information content (AvgIpc) is 2.33. The summed E-state index contributed by atoms with van der Waals surface area (Å²) in [5.74, 6) is 0. The first-order chi connectivity index (χ1) is 7.86. The number of unbranched alkanes of at least 4 members (excludes halogenated alkanes) is 1. The summed E-state index contributed by atoms with van der Waals surface area (Å²) in [7, 11) is 1.76. The van der Waals surface area contributed by atoms with Crippen molar-refractivity contribution in [3.63, 3.8) is 0 Å². The topological polar surface area (TPSA) is 35.2 Å². The molecule has 16 heavy (non-hydrogen) atoms. The van der Waals surface area contributed by atoms with Crippen LogP contribution in [0.3, 0.4) is 0 Å². The van der Waals surface area contributed by atoms with Crippen molar-refractivity contribution in [3.05, 3.63) is 35.4 Å². The molecule has 0 spiro atoms. The Hall–Kier alpha value is -0.860. The Kier molecular flexibility index (Phi) is 6.86. The van der Waals surface area contributed by atoms with Gasteiger partial charge < -0.3 is 10.5 Å². The van der Waals surface area contributed by atoms with E-state index < -0.39 is 0 Å². The Balaban J connectivity index is 2.35. The number of rotatable bonds is 8. The molecule has 0 fully saturated rings. The highest BCUT2D eigenvalue weighted by Gasteiger charge is 1.96. The third kappa shape index (κ3) is 5.29. The molecule has 0 saturated heterocycles. The van der Waals surface area contributed by atoms with Crippen LogP contribution in [0, 0.1) is 0 Å². The summed E-state index contributed by atoms with van der Waals surface area (Å²) in [6.45, 7) is 1.64. The maximum atomic E-state index is 5.51. The van der Waals surface area contributed by atoms with Gasteiger partial charge in [0.2, 0.25) is 0 Å². The predicted octanol–water partition coefficient (Wildman–Crippen LogP) is 2.55. The van der Waals surface area contributed by atoms with Crippen molar-refractivity contribution in [2.45, 2.75) is 32.1 Å². The van der Waals surface area contributed by atoms with Gasteiger partial charge in [0.1, 0.15) is 0 Å². The highest BCUT2D eigenvalue weighted by atomic mass is 16.5. The first-order valence-electron chi connectivity index (χ1n) is 6.13. The standard InChI is InChI=1S/C14H23NO/c1-16-11-3-2-6-13-7-4-8-14(12-13)9-5-10-15/h4,7-8,12H,2-3,5-6,9-11,15H2,1H3. The van der Waals surface area contributed by atoms with Crippen LogP contribution >= 0.6 is 0 Å². The lowest BCUT2D eigenvalue weighted by Crippen LogP contribution is -2.00. The molecule has 0 bridgehead atoms. The smallest absolute Gasteiger partial charge is 0.0462 e. The third-order valence-electron chi connectivity index (χ3n) is 2.72. The fourth-order valence-electron chi connectivity index (χ4n) is 1.82. The van der Waals surface area contributed by atoms with E-state index in [0.717, 1.165) is 38.8 Å². The Labute approximate surface area is 98.8 Å². The maximum absolute atomic E-state index is 5.51. The second-order valence-electron chi connectivity index (χ2n) is 4.16. The minimum absolute atomic E-state index is 0.776. The van der Waals surface area contributed by atoms with Crippen molar-refractivity contribution in [1.29, 1.82) is 0 Å². The molecule has 2 N–H and O–H groups in total. The fraction of sp³-hybridized carbons (Fsp3) is 0.571. The molecular formula is C14H23NO. The molecule has 0 unspecified atom stereocenters. The van der Waals surface area contributed by atoms with Crippen molar-refractivity contribution >= 4 is 0 Å². The minimum Gasteiger partial charge on any atom is -0.385 e. The summed E-state index contributed by atoms with van der Waals surface area (Å²) in [5.41, 5.74) is 8.36. The molecule has 0 aliphatic heterocycles. The summed E-state index contributed by atoms with van der Waals surface area (Å²) < 4.78 is 5.04. The molecule has 0 heterocycles. The largest absolute Gasteiger partial charge is 0.385 e. The monoisotopic (exact) mass is 221 g/mol. The number of benzene rings is 1. The Morgan fingerprint density at radius 3 is 2.38 bits per heavy atom. The van der Waals surface area contributed by atoms with Crippen LogP contribution in [0.2, 0.25) is 0 Å². The molecule has 0 aromatic heterocycles. The van der Waals surface area contributed by atoms with Gasteiger partial charge in [0.25, 0.3) is 0 Å². The van der Waals surface area contributed by atoms with Gasteiger partial charge in [-0.1, -0.05) is 24.3 Å². The molecule has 0 atom stereocenters. The lowest BCUT2D eigenvalue weighted by atomic mass is 10.0. The second-order valence-corrected chi connectivity index (χ2v) is 4.16. The van der Waals surface area contributed by atoms with E-state index in [1.807, 2.05) is 0 Å². The van der Waals surface area contributed by atoms with E-state index in [4.69, 9.17) is 10.5 Å².